The second kappa shape index (κ2) is 11.1. The number of methoxy groups -OCH3 is 1. The number of hydrogen-bond donors (Lipinski definition) is 1. The van der Waals surface area contributed by atoms with Gasteiger partial charge in [0, 0.05) is 5.56 Å². The van der Waals surface area contributed by atoms with E-state index < -0.39 is 19.1 Å². The Bertz CT molecular complexity index is 1230. The van der Waals surface area contributed by atoms with Gasteiger partial charge in [0.25, 0.3) is 5.91 Å². The van der Waals surface area contributed by atoms with Crippen molar-refractivity contribution in [2.24, 2.45) is 0 Å². The number of halogens is 1. The minimum Gasteiger partial charge on any atom is -0.464 e. The van der Waals surface area contributed by atoms with Crippen LogP contribution < -0.4 is 21.2 Å². The van der Waals surface area contributed by atoms with E-state index in [9.17, 15) is 9.59 Å². The van der Waals surface area contributed by atoms with Gasteiger partial charge < -0.3 is 10.1 Å². The van der Waals surface area contributed by atoms with Gasteiger partial charge in [-0.25, -0.2) is 4.79 Å². The molecule has 0 aliphatic rings. The van der Waals surface area contributed by atoms with Crippen molar-refractivity contribution in [2.75, 3.05) is 7.11 Å². The second-order valence-electron chi connectivity index (χ2n) is 7.66. The van der Waals surface area contributed by atoms with E-state index in [2.05, 4.69) is 5.32 Å². The Hall–Kier alpha value is -3.72. The van der Waals surface area contributed by atoms with E-state index in [1.165, 1.54) is 7.11 Å². The highest BCUT2D eigenvalue weighted by Gasteiger charge is 2.52. The Morgan fingerprint density at radius 3 is 1.40 bits per heavy atom. The summed E-state index contributed by atoms with van der Waals surface area (Å²) in [5.74, 6) is -1.16. The summed E-state index contributed by atoms with van der Waals surface area (Å²) in [4.78, 5) is 26.2. The minimum atomic E-state index is -2.79. The van der Waals surface area contributed by atoms with Crippen molar-refractivity contribution >= 4 is 46.7 Å². The monoisotopic (exact) mass is 500 g/mol. The zero-order valence-corrected chi connectivity index (χ0v) is 20.7. The lowest BCUT2D eigenvalue weighted by Gasteiger charge is -2.27. The largest absolute Gasteiger partial charge is 0.464 e. The van der Waals surface area contributed by atoms with E-state index >= 15 is 0 Å². The van der Waals surface area contributed by atoms with Gasteiger partial charge in [0.15, 0.2) is 13.0 Å². The average molecular weight is 501 g/mol. The standard InChI is InChI=1S/C29H23ClNO3P/c1-34-29(33)26(31-28(32)22-14-6-2-7-15-22)27(30)35(23-16-8-3-9-17-23,24-18-10-4-11-19-24)25-20-12-5-13-21-25/h2-21H,1H3/p+1/b27-26-. The normalized spacial score (nSPS) is 11.8. The minimum absolute atomic E-state index is 0.0760. The summed E-state index contributed by atoms with van der Waals surface area (Å²) < 4.78 is 5.33. The lowest BCUT2D eigenvalue weighted by molar-refractivity contribution is -0.136. The molecule has 4 aromatic carbocycles. The molecule has 0 saturated carbocycles. The zero-order valence-electron chi connectivity index (χ0n) is 19.1. The van der Waals surface area contributed by atoms with Gasteiger partial charge in [-0.05, 0) is 60.1 Å². The predicted octanol–water partition coefficient (Wildman–Crippen LogP) is 4.99. The molecule has 1 N–H and O–H groups in total. The molecule has 0 radical (unpaired) electrons. The van der Waals surface area contributed by atoms with Crippen LogP contribution in [0.4, 0.5) is 0 Å². The van der Waals surface area contributed by atoms with Gasteiger partial charge in [-0.3, -0.25) is 4.79 Å². The fourth-order valence-corrected chi connectivity index (χ4v) is 8.89. The highest BCUT2D eigenvalue weighted by atomic mass is 35.5. The molecule has 1 amide bonds. The van der Waals surface area contributed by atoms with E-state index in [0.717, 1.165) is 15.9 Å². The third kappa shape index (κ3) is 4.90. The fourth-order valence-electron chi connectivity index (χ4n) is 3.97. The van der Waals surface area contributed by atoms with Crippen LogP contribution in [-0.4, -0.2) is 19.0 Å². The van der Waals surface area contributed by atoms with Crippen molar-refractivity contribution in [2.45, 2.75) is 0 Å². The maximum atomic E-state index is 13.1. The van der Waals surface area contributed by atoms with Gasteiger partial charge in [-0.15, -0.1) is 0 Å². The summed E-state index contributed by atoms with van der Waals surface area (Å²) in [5.41, 5.74) is 0.328. The number of benzene rings is 4. The van der Waals surface area contributed by atoms with Gasteiger partial charge in [0.2, 0.25) is 4.77 Å². The van der Waals surface area contributed by atoms with E-state index in [1.807, 2.05) is 97.1 Å². The summed E-state index contributed by atoms with van der Waals surface area (Å²) >= 11 is 7.29. The smallest absolute Gasteiger partial charge is 0.359 e. The van der Waals surface area contributed by atoms with E-state index in [4.69, 9.17) is 16.3 Å². The lowest BCUT2D eigenvalue weighted by Crippen LogP contribution is -2.35. The van der Waals surface area contributed by atoms with Crippen molar-refractivity contribution in [1.82, 2.24) is 5.32 Å². The van der Waals surface area contributed by atoms with Crippen molar-refractivity contribution in [3.05, 3.63) is 137 Å². The van der Waals surface area contributed by atoms with Crippen molar-refractivity contribution in [3.63, 3.8) is 0 Å². The van der Waals surface area contributed by atoms with Crippen LogP contribution >= 0.6 is 18.9 Å². The highest BCUT2D eigenvalue weighted by molar-refractivity contribution is 8.00. The summed E-state index contributed by atoms with van der Waals surface area (Å²) in [6.07, 6.45) is 0. The maximum absolute atomic E-state index is 13.1. The molecule has 35 heavy (non-hydrogen) atoms. The molecule has 0 bridgehead atoms. The summed E-state index contributed by atoms with van der Waals surface area (Å²) in [7, 11) is -1.51. The first-order valence-electron chi connectivity index (χ1n) is 11.0. The first-order chi connectivity index (χ1) is 17.1. The van der Waals surface area contributed by atoms with E-state index in [0.29, 0.717) is 5.56 Å². The molecule has 0 saturated heterocycles. The molecule has 0 fully saturated rings. The SMILES string of the molecule is COC(=O)/C(NC(=O)c1ccccc1)=C(\Cl)[P+](c1ccccc1)(c1ccccc1)c1ccccc1. The van der Waals surface area contributed by atoms with Crippen LogP contribution in [-0.2, 0) is 9.53 Å². The Labute approximate surface area is 210 Å². The topological polar surface area (TPSA) is 55.4 Å². The van der Waals surface area contributed by atoms with Gasteiger partial charge >= 0.3 is 5.97 Å². The number of nitrogens with one attached hydrogen (secondary N) is 1. The molecule has 4 aromatic rings. The zero-order chi connectivity index (χ0) is 24.7. The Kier molecular flexibility index (Phi) is 7.77. The molecule has 174 valence electrons. The fraction of sp³-hybridized carbons (Fsp3) is 0.0345. The number of amides is 1. The quantitative estimate of drug-likeness (QED) is 0.221. The van der Waals surface area contributed by atoms with Crippen LogP contribution in [0.25, 0.3) is 0 Å². The molecule has 6 heteroatoms. The molecule has 0 atom stereocenters. The number of hydrogen-bond acceptors (Lipinski definition) is 3. The maximum Gasteiger partial charge on any atom is 0.359 e. The summed E-state index contributed by atoms with van der Waals surface area (Å²) in [5, 5.41) is 5.59. The van der Waals surface area contributed by atoms with Crippen LogP contribution in [0.5, 0.6) is 0 Å². The van der Waals surface area contributed by atoms with Crippen molar-refractivity contribution < 1.29 is 14.3 Å². The molecule has 0 aliphatic heterocycles. The Morgan fingerprint density at radius 1 is 0.657 bits per heavy atom. The number of esters is 1. The first kappa shape index (κ1) is 24.4. The van der Waals surface area contributed by atoms with E-state index in [-0.39, 0.29) is 10.5 Å². The van der Waals surface area contributed by atoms with Gasteiger partial charge in [-0.1, -0.05) is 72.8 Å². The Balaban J connectivity index is 2.04. The van der Waals surface area contributed by atoms with Gasteiger partial charge in [0.05, 0.1) is 7.11 Å². The molecule has 0 aromatic heterocycles. The molecule has 0 unspecified atom stereocenters. The van der Waals surface area contributed by atoms with Gasteiger partial charge in [-0.2, -0.15) is 0 Å². The van der Waals surface area contributed by atoms with Crippen LogP contribution in [0.2, 0.25) is 0 Å². The Morgan fingerprint density at radius 2 is 1.03 bits per heavy atom. The van der Waals surface area contributed by atoms with Crippen LogP contribution in [0.1, 0.15) is 10.4 Å². The first-order valence-corrected chi connectivity index (χ1v) is 13.2. The number of carbonyl (C=O) groups excluding carboxylic acids is 2. The number of ether oxygens (including phenoxy) is 1. The predicted molar refractivity (Wildman–Crippen MR) is 144 cm³/mol. The molecule has 0 heterocycles. The summed E-state index contributed by atoms with van der Waals surface area (Å²) in [6.45, 7) is 0. The molecule has 0 aliphatic carbocycles. The van der Waals surface area contributed by atoms with Crippen molar-refractivity contribution in [3.8, 4) is 0 Å². The third-order valence-electron chi connectivity index (χ3n) is 5.60. The lowest BCUT2D eigenvalue weighted by atomic mass is 10.2. The average Bonchev–Trinajstić information content (AvgIpc) is 2.94. The third-order valence-corrected chi connectivity index (χ3v) is 10.6. The molecule has 0 spiro atoms. The van der Waals surface area contributed by atoms with Crippen LogP contribution in [0.3, 0.4) is 0 Å². The van der Waals surface area contributed by atoms with E-state index in [1.54, 1.807) is 24.3 Å². The molecular formula is C29H24ClNO3P+. The number of rotatable bonds is 7. The summed E-state index contributed by atoms with van der Waals surface area (Å²) in [6, 6.07) is 38.2. The van der Waals surface area contributed by atoms with Crippen LogP contribution in [0.15, 0.2) is 132 Å². The molecular weight excluding hydrogens is 477 g/mol. The highest BCUT2D eigenvalue weighted by Crippen LogP contribution is 2.64. The molecule has 4 rings (SSSR count). The van der Waals surface area contributed by atoms with Gasteiger partial charge in [0.1, 0.15) is 15.9 Å². The second-order valence-corrected chi connectivity index (χ2v) is 11.6. The van der Waals surface area contributed by atoms with Crippen molar-refractivity contribution in [1.29, 1.82) is 0 Å². The molecule has 4 nitrogen and oxygen atoms in total. The van der Waals surface area contributed by atoms with Crippen LogP contribution in [0, 0.1) is 0 Å². The number of carbonyl (C=O) groups is 2.